The molecule has 1 atom stereocenters. The SMILES string of the molecule is CCOc1c(Br)cc(F)cc1N1CC(S(=O)(=O)F)CC1=O. The fourth-order valence-electron chi connectivity index (χ4n) is 2.13. The average molecular weight is 384 g/mol. The van der Waals surface area contributed by atoms with Crippen LogP contribution in [0.4, 0.5) is 14.0 Å². The van der Waals surface area contributed by atoms with Crippen LogP contribution in [-0.4, -0.2) is 32.7 Å². The normalized spacial score (nSPS) is 19.1. The summed E-state index contributed by atoms with van der Waals surface area (Å²) < 4.78 is 54.1. The van der Waals surface area contributed by atoms with E-state index in [-0.39, 0.29) is 24.6 Å². The van der Waals surface area contributed by atoms with Crippen molar-refractivity contribution in [2.45, 2.75) is 18.6 Å². The number of halogens is 3. The van der Waals surface area contributed by atoms with Crippen molar-refractivity contribution in [3.05, 3.63) is 22.4 Å². The summed E-state index contributed by atoms with van der Waals surface area (Å²) in [5.41, 5.74) is 0.0832. The summed E-state index contributed by atoms with van der Waals surface area (Å²) in [7, 11) is -4.83. The predicted octanol–water partition coefficient (Wildman–Crippen LogP) is 2.39. The molecule has 0 N–H and O–H groups in total. The van der Waals surface area contributed by atoms with E-state index in [4.69, 9.17) is 4.74 Å². The fraction of sp³-hybridized carbons (Fsp3) is 0.417. The Hall–Kier alpha value is -1.22. The lowest BCUT2D eigenvalue weighted by Gasteiger charge is -2.21. The summed E-state index contributed by atoms with van der Waals surface area (Å²) >= 11 is 3.13. The average Bonchev–Trinajstić information content (AvgIpc) is 2.74. The highest BCUT2D eigenvalue weighted by Gasteiger charge is 2.40. The molecule has 21 heavy (non-hydrogen) atoms. The Labute approximate surface area is 129 Å². The minimum atomic E-state index is -4.83. The van der Waals surface area contributed by atoms with Crippen LogP contribution in [-0.2, 0) is 15.0 Å². The summed E-state index contributed by atoms with van der Waals surface area (Å²) in [6.45, 7) is 1.61. The van der Waals surface area contributed by atoms with Crippen LogP contribution in [0.5, 0.6) is 5.75 Å². The lowest BCUT2D eigenvalue weighted by atomic mass is 10.2. The van der Waals surface area contributed by atoms with Crippen molar-refractivity contribution in [2.75, 3.05) is 18.1 Å². The molecule has 0 radical (unpaired) electrons. The van der Waals surface area contributed by atoms with Crippen LogP contribution in [0, 0.1) is 5.82 Å². The third kappa shape index (κ3) is 3.34. The molecule has 0 spiro atoms. The Morgan fingerprint density at radius 2 is 2.14 bits per heavy atom. The van der Waals surface area contributed by atoms with E-state index in [1.807, 2.05) is 0 Å². The van der Waals surface area contributed by atoms with Gasteiger partial charge in [0.2, 0.25) is 5.91 Å². The first kappa shape index (κ1) is 16.2. The molecule has 1 saturated heterocycles. The van der Waals surface area contributed by atoms with Gasteiger partial charge in [0, 0.05) is 19.0 Å². The molecular weight excluding hydrogens is 372 g/mol. The number of amides is 1. The minimum absolute atomic E-state index is 0.0832. The van der Waals surface area contributed by atoms with Gasteiger partial charge >= 0.3 is 10.2 Å². The van der Waals surface area contributed by atoms with Crippen LogP contribution in [0.1, 0.15) is 13.3 Å². The summed E-state index contributed by atoms with van der Waals surface area (Å²) in [6, 6.07) is 2.22. The number of rotatable bonds is 4. The molecule has 0 aromatic heterocycles. The third-order valence-electron chi connectivity index (χ3n) is 3.06. The Kier molecular flexibility index (Phi) is 4.52. The van der Waals surface area contributed by atoms with E-state index >= 15 is 0 Å². The van der Waals surface area contributed by atoms with E-state index in [1.54, 1.807) is 6.92 Å². The molecule has 0 bridgehead atoms. The summed E-state index contributed by atoms with van der Waals surface area (Å²) in [4.78, 5) is 12.9. The Morgan fingerprint density at radius 3 is 2.67 bits per heavy atom. The number of hydrogen-bond acceptors (Lipinski definition) is 4. The number of hydrogen-bond donors (Lipinski definition) is 0. The molecule has 1 amide bonds. The monoisotopic (exact) mass is 383 g/mol. The smallest absolute Gasteiger partial charge is 0.307 e. The molecule has 1 fully saturated rings. The highest BCUT2D eigenvalue weighted by atomic mass is 79.9. The Bertz CT molecular complexity index is 680. The van der Waals surface area contributed by atoms with Crippen LogP contribution in [0.3, 0.4) is 0 Å². The summed E-state index contributed by atoms with van der Waals surface area (Å²) in [6.07, 6.45) is -0.474. The zero-order chi connectivity index (χ0) is 15.8. The van der Waals surface area contributed by atoms with Gasteiger partial charge < -0.3 is 9.64 Å². The molecule has 0 aliphatic carbocycles. The molecule has 1 aliphatic heterocycles. The van der Waals surface area contributed by atoms with Gasteiger partial charge in [0.1, 0.15) is 11.1 Å². The van der Waals surface area contributed by atoms with Crippen molar-refractivity contribution < 1.29 is 26.2 Å². The minimum Gasteiger partial charge on any atom is -0.490 e. The second-order valence-corrected chi connectivity index (χ2v) is 6.95. The lowest BCUT2D eigenvalue weighted by Crippen LogP contribution is -2.27. The molecule has 9 heteroatoms. The maximum Gasteiger partial charge on any atom is 0.307 e. The molecule has 116 valence electrons. The first-order chi connectivity index (χ1) is 9.74. The fourth-order valence-corrected chi connectivity index (χ4v) is 3.34. The van der Waals surface area contributed by atoms with Gasteiger partial charge in [-0.2, -0.15) is 8.42 Å². The molecular formula is C12H12BrF2NO4S. The zero-order valence-electron chi connectivity index (χ0n) is 11.0. The Morgan fingerprint density at radius 1 is 1.48 bits per heavy atom. The molecule has 1 heterocycles. The van der Waals surface area contributed by atoms with Crippen LogP contribution < -0.4 is 9.64 Å². The molecule has 0 saturated carbocycles. The molecule has 5 nitrogen and oxygen atoms in total. The summed E-state index contributed by atoms with van der Waals surface area (Å²) in [5.74, 6) is -1.01. The first-order valence-corrected chi connectivity index (χ1v) is 8.33. The largest absolute Gasteiger partial charge is 0.490 e. The van der Waals surface area contributed by atoms with E-state index in [1.165, 1.54) is 6.07 Å². The molecule has 1 aromatic rings. The van der Waals surface area contributed by atoms with Gasteiger partial charge in [-0.05, 0) is 28.9 Å². The maximum absolute atomic E-state index is 13.5. The standard InChI is InChI=1S/C12H12BrF2NO4S/c1-2-20-12-9(13)3-7(14)4-10(12)16-6-8(5-11(16)17)21(15,18)19/h3-4,8H,2,5-6H2,1H3. The third-order valence-corrected chi connectivity index (χ3v) is 4.76. The lowest BCUT2D eigenvalue weighted by molar-refractivity contribution is -0.117. The van der Waals surface area contributed by atoms with Gasteiger partial charge in [0.25, 0.3) is 0 Å². The number of benzene rings is 1. The van der Waals surface area contributed by atoms with Gasteiger partial charge in [-0.25, -0.2) is 4.39 Å². The van der Waals surface area contributed by atoms with Gasteiger partial charge in [-0.3, -0.25) is 4.79 Å². The van der Waals surface area contributed by atoms with Gasteiger partial charge in [-0.15, -0.1) is 3.89 Å². The number of nitrogens with zero attached hydrogens (tertiary/aromatic N) is 1. The van der Waals surface area contributed by atoms with Crippen molar-refractivity contribution in [2.24, 2.45) is 0 Å². The van der Waals surface area contributed by atoms with Crippen LogP contribution >= 0.6 is 15.9 Å². The van der Waals surface area contributed by atoms with Gasteiger partial charge in [0.15, 0.2) is 5.75 Å². The van der Waals surface area contributed by atoms with Gasteiger partial charge in [-0.1, -0.05) is 0 Å². The second kappa shape index (κ2) is 5.88. The highest BCUT2D eigenvalue weighted by Crippen LogP contribution is 2.39. The van der Waals surface area contributed by atoms with Crippen molar-refractivity contribution in [1.82, 2.24) is 0 Å². The summed E-state index contributed by atoms with van der Waals surface area (Å²) in [5, 5.41) is -1.44. The quantitative estimate of drug-likeness (QED) is 0.748. The zero-order valence-corrected chi connectivity index (χ0v) is 13.4. The van der Waals surface area contributed by atoms with Crippen molar-refractivity contribution in [3.8, 4) is 5.75 Å². The molecule has 1 aliphatic rings. The van der Waals surface area contributed by atoms with E-state index in [0.29, 0.717) is 4.47 Å². The first-order valence-electron chi connectivity index (χ1n) is 6.09. The Balaban J connectivity index is 2.44. The van der Waals surface area contributed by atoms with E-state index in [0.717, 1.165) is 11.0 Å². The van der Waals surface area contributed by atoms with Crippen molar-refractivity contribution >= 4 is 37.7 Å². The predicted molar refractivity (Wildman–Crippen MR) is 76.1 cm³/mol. The van der Waals surface area contributed by atoms with E-state index < -0.39 is 33.6 Å². The number of ether oxygens (including phenoxy) is 1. The van der Waals surface area contributed by atoms with Crippen LogP contribution in [0.15, 0.2) is 16.6 Å². The maximum atomic E-state index is 13.5. The highest BCUT2D eigenvalue weighted by molar-refractivity contribution is 9.10. The molecule has 2 rings (SSSR count). The number of carbonyl (C=O) groups excluding carboxylic acids is 1. The van der Waals surface area contributed by atoms with Crippen LogP contribution in [0.2, 0.25) is 0 Å². The van der Waals surface area contributed by atoms with Crippen molar-refractivity contribution in [3.63, 3.8) is 0 Å². The van der Waals surface area contributed by atoms with E-state index in [2.05, 4.69) is 15.9 Å². The molecule has 1 unspecified atom stereocenters. The molecule has 1 aromatic carbocycles. The van der Waals surface area contributed by atoms with Crippen LogP contribution in [0.25, 0.3) is 0 Å². The van der Waals surface area contributed by atoms with Gasteiger partial charge in [0.05, 0.1) is 16.8 Å². The number of carbonyl (C=O) groups is 1. The van der Waals surface area contributed by atoms with Crippen molar-refractivity contribution in [1.29, 1.82) is 0 Å². The number of anilines is 1. The second-order valence-electron chi connectivity index (χ2n) is 4.47. The topological polar surface area (TPSA) is 63.7 Å². The van der Waals surface area contributed by atoms with E-state index in [9.17, 15) is 21.5 Å².